The van der Waals surface area contributed by atoms with Crippen LogP contribution < -0.4 is 0 Å². The van der Waals surface area contributed by atoms with Crippen molar-refractivity contribution in [1.29, 1.82) is 0 Å². The second-order valence-electron chi connectivity index (χ2n) is 4.97. The molecule has 0 amide bonds. The molecule has 0 N–H and O–H groups in total. The predicted octanol–water partition coefficient (Wildman–Crippen LogP) is 4.45. The van der Waals surface area contributed by atoms with Gasteiger partial charge in [-0.15, -0.1) is 0 Å². The summed E-state index contributed by atoms with van der Waals surface area (Å²) in [6.45, 7) is 11.5. The molecule has 12 heavy (non-hydrogen) atoms. The van der Waals surface area contributed by atoms with Crippen LogP contribution in [0.25, 0.3) is 0 Å². The zero-order valence-electron chi connectivity index (χ0n) is 9.48. The van der Waals surface area contributed by atoms with Crippen LogP contribution in [-0.2, 0) is 0 Å². The molecule has 0 atom stereocenters. The first-order chi connectivity index (χ1) is 5.49. The zero-order chi connectivity index (χ0) is 9.61. The summed E-state index contributed by atoms with van der Waals surface area (Å²) in [4.78, 5) is 0. The highest BCUT2D eigenvalue weighted by Gasteiger charge is 2.11. The Morgan fingerprint density at radius 1 is 1.08 bits per heavy atom. The molecule has 1 radical (unpaired) electrons. The molecule has 0 heteroatoms. The minimum atomic E-state index is 0.478. The van der Waals surface area contributed by atoms with Gasteiger partial charge in [0.25, 0.3) is 0 Å². The topological polar surface area (TPSA) is 0 Å². The van der Waals surface area contributed by atoms with Crippen LogP contribution in [0.3, 0.4) is 0 Å². The van der Waals surface area contributed by atoms with E-state index >= 15 is 0 Å². The molecule has 0 aliphatic rings. The lowest BCUT2D eigenvalue weighted by Gasteiger charge is -2.19. The Kier molecular flexibility index (Phi) is 5.61. The highest BCUT2D eigenvalue weighted by molar-refractivity contribution is 4.76. The van der Waals surface area contributed by atoms with Crippen molar-refractivity contribution < 1.29 is 0 Å². The fourth-order valence-corrected chi connectivity index (χ4v) is 1.37. The van der Waals surface area contributed by atoms with E-state index in [4.69, 9.17) is 0 Å². The third-order valence-corrected chi connectivity index (χ3v) is 2.41. The van der Waals surface area contributed by atoms with Crippen LogP contribution in [0.5, 0.6) is 0 Å². The molecule has 0 nitrogen and oxygen atoms in total. The van der Waals surface area contributed by atoms with E-state index in [-0.39, 0.29) is 0 Å². The van der Waals surface area contributed by atoms with Crippen LogP contribution in [0.2, 0.25) is 0 Å². The summed E-state index contributed by atoms with van der Waals surface area (Å²) in [5.41, 5.74) is 0.478. The molecule has 0 aromatic heterocycles. The van der Waals surface area contributed by atoms with Crippen molar-refractivity contribution in [2.24, 2.45) is 11.3 Å². The Morgan fingerprint density at radius 2 is 1.58 bits per heavy atom. The fourth-order valence-electron chi connectivity index (χ4n) is 1.37. The van der Waals surface area contributed by atoms with E-state index in [1.165, 1.54) is 25.7 Å². The van der Waals surface area contributed by atoms with Gasteiger partial charge in [0.15, 0.2) is 0 Å². The smallest absolute Gasteiger partial charge is 0.0378 e. The molecule has 0 rings (SSSR count). The minimum Gasteiger partial charge on any atom is -0.0651 e. The van der Waals surface area contributed by atoms with Crippen LogP contribution in [0, 0.1) is 17.8 Å². The Bertz CT molecular complexity index is 93.1. The summed E-state index contributed by atoms with van der Waals surface area (Å²) in [7, 11) is 0. The summed E-state index contributed by atoms with van der Waals surface area (Å²) >= 11 is 0. The van der Waals surface area contributed by atoms with Crippen molar-refractivity contribution in [3.8, 4) is 0 Å². The summed E-state index contributed by atoms with van der Waals surface area (Å²) in [5, 5.41) is 0. The maximum absolute atomic E-state index is 2.47. The van der Waals surface area contributed by atoms with Crippen molar-refractivity contribution in [1.82, 2.24) is 0 Å². The normalized spacial score (nSPS) is 12.5. The average molecular weight is 169 g/mol. The van der Waals surface area contributed by atoms with E-state index in [0.29, 0.717) is 5.41 Å². The molecule has 0 bridgehead atoms. The Morgan fingerprint density at radius 3 is 1.92 bits per heavy atom. The van der Waals surface area contributed by atoms with Gasteiger partial charge < -0.3 is 0 Å². The Labute approximate surface area is 78.8 Å². The summed E-state index contributed by atoms with van der Waals surface area (Å²) in [6.07, 6.45) is 7.69. The predicted molar refractivity (Wildman–Crippen MR) is 57.1 cm³/mol. The minimum absolute atomic E-state index is 0.478. The van der Waals surface area contributed by atoms with Crippen molar-refractivity contribution >= 4 is 0 Å². The SMILES string of the molecule is CCC(CC)C[CH]CC(C)(C)C. The largest absolute Gasteiger partial charge is 0.0651 e. The lowest BCUT2D eigenvalue weighted by atomic mass is 9.87. The molecule has 0 aliphatic heterocycles. The molecule has 0 unspecified atom stereocenters. The van der Waals surface area contributed by atoms with Crippen LogP contribution in [0.4, 0.5) is 0 Å². The van der Waals surface area contributed by atoms with Gasteiger partial charge in [0, 0.05) is 0 Å². The number of hydrogen-bond acceptors (Lipinski definition) is 0. The molecule has 0 spiro atoms. The Hall–Kier alpha value is 0. The molecule has 0 aliphatic carbocycles. The van der Waals surface area contributed by atoms with E-state index in [1.54, 1.807) is 0 Å². The second kappa shape index (κ2) is 5.61. The van der Waals surface area contributed by atoms with E-state index in [0.717, 1.165) is 5.92 Å². The van der Waals surface area contributed by atoms with Crippen LogP contribution in [0.15, 0.2) is 0 Å². The van der Waals surface area contributed by atoms with Crippen LogP contribution in [-0.4, -0.2) is 0 Å². The summed E-state index contributed by atoms with van der Waals surface area (Å²) in [5.74, 6) is 0.923. The molecule has 0 heterocycles. The van der Waals surface area contributed by atoms with Gasteiger partial charge >= 0.3 is 0 Å². The molecule has 73 valence electrons. The molecule has 0 saturated carbocycles. The van der Waals surface area contributed by atoms with Gasteiger partial charge in [0.2, 0.25) is 0 Å². The first-order valence-electron chi connectivity index (χ1n) is 5.31. The highest BCUT2D eigenvalue weighted by Crippen LogP contribution is 2.24. The maximum Gasteiger partial charge on any atom is -0.0378 e. The van der Waals surface area contributed by atoms with Crippen molar-refractivity contribution in [2.45, 2.75) is 60.3 Å². The van der Waals surface area contributed by atoms with E-state index in [1.807, 2.05) is 0 Å². The fraction of sp³-hybridized carbons (Fsp3) is 0.917. The van der Waals surface area contributed by atoms with Gasteiger partial charge in [0.05, 0.1) is 0 Å². The third kappa shape index (κ3) is 6.69. The first kappa shape index (κ1) is 12.0. The third-order valence-electron chi connectivity index (χ3n) is 2.41. The monoisotopic (exact) mass is 169 g/mol. The molecular formula is C12H25. The standard InChI is InChI=1S/C12H25/c1-6-11(7-2)9-8-10-12(3,4)5/h8,11H,6-7,9-10H2,1-5H3. The second-order valence-corrected chi connectivity index (χ2v) is 4.97. The molecule has 0 fully saturated rings. The van der Waals surface area contributed by atoms with Crippen molar-refractivity contribution in [3.05, 3.63) is 6.42 Å². The van der Waals surface area contributed by atoms with Gasteiger partial charge in [-0.3, -0.25) is 0 Å². The molecule has 0 saturated heterocycles. The summed E-state index contributed by atoms with van der Waals surface area (Å²) < 4.78 is 0. The average Bonchev–Trinajstić information content (AvgIpc) is 1.96. The molecule has 0 aromatic carbocycles. The summed E-state index contributed by atoms with van der Waals surface area (Å²) in [6, 6.07) is 0. The van der Waals surface area contributed by atoms with Gasteiger partial charge in [0.1, 0.15) is 0 Å². The first-order valence-corrected chi connectivity index (χ1v) is 5.31. The lowest BCUT2D eigenvalue weighted by molar-refractivity contribution is 0.382. The van der Waals surface area contributed by atoms with Crippen molar-refractivity contribution in [3.63, 3.8) is 0 Å². The molecule has 0 aromatic rings. The van der Waals surface area contributed by atoms with E-state index in [2.05, 4.69) is 41.0 Å². The molecular weight excluding hydrogens is 144 g/mol. The zero-order valence-corrected chi connectivity index (χ0v) is 9.48. The van der Waals surface area contributed by atoms with Gasteiger partial charge in [-0.05, 0) is 30.6 Å². The van der Waals surface area contributed by atoms with Crippen LogP contribution in [0.1, 0.15) is 60.3 Å². The number of rotatable bonds is 5. The van der Waals surface area contributed by atoms with Crippen molar-refractivity contribution in [2.75, 3.05) is 0 Å². The Balaban J connectivity index is 3.41. The maximum atomic E-state index is 2.47. The quantitative estimate of drug-likeness (QED) is 0.570. The van der Waals surface area contributed by atoms with Gasteiger partial charge in [-0.25, -0.2) is 0 Å². The van der Waals surface area contributed by atoms with Crippen LogP contribution >= 0.6 is 0 Å². The van der Waals surface area contributed by atoms with Gasteiger partial charge in [-0.1, -0.05) is 47.5 Å². The van der Waals surface area contributed by atoms with Gasteiger partial charge in [-0.2, -0.15) is 0 Å². The lowest BCUT2D eigenvalue weighted by Crippen LogP contribution is -2.06. The highest BCUT2D eigenvalue weighted by atomic mass is 14.2. The van der Waals surface area contributed by atoms with E-state index < -0.39 is 0 Å². The number of hydrogen-bond donors (Lipinski definition) is 0. The van der Waals surface area contributed by atoms with E-state index in [9.17, 15) is 0 Å².